The number of aromatic carboxylic acids is 1. The van der Waals surface area contributed by atoms with Crippen molar-refractivity contribution in [2.75, 3.05) is 14.2 Å². The van der Waals surface area contributed by atoms with Crippen LogP contribution in [0.1, 0.15) is 24.2 Å². The Labute approximate surface area is 191 Å². The fourth-order valence-electron chi connectivity index (χ4n) is 3.20. The number of ether oxygens (including phenoxy) is 2. The molecular weight excluding hydrogens is 422 g/mol. The number of carboxylic acid groups (broad SMARTS) is 1. The zero-order valence-electron chi connectivity index (χ0n) is 18.5. The lowest BCUT2D eigenvalue weighted by atomic mass is 10.0. The van der Waals surface area contributed by atoms with Gasteiger partial charge in [0.15, 0.2) is 11.5 Å². The first-order chi connectivity index (χ1) is 15.6. The molecule has 1 heterocycles. The number of carbonyl (C=O) groups is 1. The van der Waals surface area contributed by atoms with Gasteiger partial charge in [0.25, 0.3) is 0 Å². The second kappa shape index (κ2) is 10.6. The van der Waals surface area contributed by atoms with Gasteiger partial charge in [0, 0.05) is 16.5 Å². The molecule has 0 unspecified atom stereocenters. The van der Waals surface area contributed by atoms with Crippen LogP contribution in [0.15, 0.2) is 72.1 Å². The van der Waals surface area contributed by atoms with Crippen molar-refractivity contribution < 1.29 is 19.4 Å². The molecule has 0 bridgehead atoms. The van der Waals surface area contributed by atoms with Crippen LogP contribution in [0.3, 0.4) is 0 Å². The van der Waals surface area contributed by atoms with Gasteiger partial charge in [0.05, 0.1) is 25.5 Å². The average molecular weight is 448 g/mol. The van der Waals surface area contributed by atoms with Gasteiger partial charge in [-0.15, -0.1) is 11.3 Å². The van der Waals surface area contributed by atoms with Crippen LogP contribution in [-0.2, 0) is 0 Å². The van der Waals surface area contributed by atoms with Crippen molar-refractivity contribution in [1.29, 1.82) is 0 Å². The molecule has 0 atom stereocenters. The number of hydrogen-bond acceptors (Lipinski definition) is 5. The maximum absolute atomic E-state index is 11.3. The Hall–Kier alpha value is -3.64. The Morgan fingerprint density at radius 1 is 0.812 bits per heavy atom. The number of nitrogens with zero attached hydrogens (tertiary/aromatic N) is 1. The molecule has 0 fully saturated rings. The van der Waals surface area contributed by atoms with Gasteiger partial charge in [-0.1, -0.05) is 44.2 Å². The van der Waals surface area contributed by atoms with Gasteiger partial charge in [0.1, 0.15) is 5.01 Å². The standard InChI is InChI=1S/C24H19NO4S.C2H6/c1-28-21-10-9-18(13-22(21)29-2)23-25-20(14-30-23)17-7-3-5-15(11-17)16-6-4-8-19(12-16)24(26)27;1-2/h3-14H,1-2H3,(H,26,27);1-2H3. The summed E-state index contributed by atoms with van der Waals surface area (Å²) in [4.78, 5) is 16.1. The van der Waals surface area contributed by atoms with Crippen molar-refractivity contribution in [3.63, 3.8) is 0 Å². The van der Waals surface area contributed by atoms with E-state index >= 15 is 0 Å². The fraction of sp³-hybridized carbons (Fsp3) is 0.154. The molecule has 0 radical (unpaired) electrons. The molecule has 6 heteroatoms. The molecule has 1 aromatic heterocycles. The van der Waals surface area contributed by atoms with Gasteiger partial charge in [-0.3, -0.25) is 0 Å². The van der Waals surface area contributed by atoms with Crippen LogP contribution < -0.4 is 9.47 Å². The summed E-state index contributed by atoms with van der Waals surface area (Å²) in [5, 5.41) is 12.1. The summed E-state index contributed by atoms with van der Waals surface area (Å²) < 4.78 is 10.7. The number of thiazole rings is 1. The molecule has 164 valence electrons. The second-order valence-corrected chi connectivity index (χ2v) is 7.43. The molecule has 4 aromatic rings. The average Bonchev–Trinajstić information content (AvgIpc) is 3.35. The minimum Gasteiger partial charge on any atom is -0.493 e. The predicted octanol–water partition coefficient (Wildman–Crippen LogP) is 6.89. The zero-order chi connectivity index (χ0) is 23.1. The van der Waals surface area contributed by atoms with Crippen molar-refractivity contribution in [3.05, 3.63) is 77.7 Å². The lowest BCUT2D eigenvalue weighted by Gasteiger charge is -2.08. The monoisotopic (exact) mass is 447 g/mol. The van der Waals surface area contributed by atoms with E-state index in [-0.39, 0.29) is 5.56 Å². The molecule has 0 saturated carbocycles. The van der Waals surface area contributed by atoms with E-state index in [2.05, 4.69) is 0 Å². The maximum atomic E-state index is 11.3. The third kappa shape index (κ3) is 4.98. The molecule has 32 heavy (non-hydrogen) atoms. The van der Waals surface area contributed by atoms with E-state index in [0.29, 0.717) is 11.5 Å². The highest BCUT2D eigenvalue weighted by atomic mass is 32.1. The topological polar surface area (TPSA) is 68.7 Å². The molecule has 3 aromatic carbocycles. The van der Waals surface area contributed by atoms with E-state index < -0.39 is 5.97 Å². The Balaban J connectivity index is 0.00000141. The van der Waals surface area contributed by atoms with Crippen LogP contribution in [0.4, 0.5) is 0 Å². The van der Waals surface area contributed by atoms with Crippen LogP contribution in [0, 0.1) is 0 Å². The van der Waals surface area contributed by atoms with E-state index in [1.165, 1.54) is 0 Å². The first-order valence-electron chi connectivity index (χ1n) is 10.2. The number of aromatic nitrogens is 1. The number of benzene rings is 3. The van der Waals surface area contributed by atoms with Gasteiger partial charge < -0.3 is 14.6 Å². The van der Waals surface area contributed by atoms with Crippen molar-refractivity contribution in [2.24, 2.45) is 0 Å². The lowest BCUT2D eigenvalue weighted by Crippen LogP contribution is -1.95. The molecule has 1 N–H and O–H groups in total. The zero-order valence-corrected chi connectivity index (χ0v) is 19.3. The highest BCUT2D eigenvalue weighted by Gasteiger charge is 2.12. The Bertz CT molecular complexity index is 1220. The van der Waals surface area contributed by atoms with Crippen LogP contribution >= 0.6 is 11.3 Å². The minimum absolute atomic E-state index is 0.266. The van der Waals surface area contributed by atoms with Crippen LogP contribution in [-0.4, -0.2) is 30.3 Å². The molecule has 0 amide bonds. The van der Waals surface area contributed by atoms with E-state index in [0.717, 1.165) is 33.0 Å². The highest BCUT2D eigenvalue weighted by molar-refractivity contribution is 7.13. The summed E-state index contributed by atoms with van der Waals surface area (Å²) in [5.74, 6) is 0.397. The third-order valence-corrected chi connectivity index (χ3v) is 5.63. The van der Waals surface area contributed by atoms with Gasteiger partial charge in [-0.2, -0.15) is 0 Å². The van der Waals surface area contributed by atoms with Gasteiger partial charge in [-0.05, 0) is 47.5 Å². The summed E-state index contributed by atoms with van der Waals surface area (Å²) in [6.07, 6.45) is 0. The predicted molar refractivity (Wildman–Crippen MR) is 130 cm³/mol. The van der Waals surface area contributed by atoms with E-state index in [9.17, 15) is 9.90 Å². The summed E-state index contributed by atoms with van der Waals surface area (Å²) in [6.45, 7) is 4.00. The van der Waals surface area contributed by atoms with Crippen LogP contribution in [0.5, 0.6) is 11.5 Å². The van der Waals surface area contributed by atoms with Crippen LogP contribution in [0.2, 0.25) is 0 Å². The quantitative estimate of drug-likeness (QED) is 0.349. The Kier molecular flexibility index (Phi) is 7.63. The first-order valence-corrected chi connectivity index (χ1v) is 11.1. The van der Waals surface area contributed by atoms with Gasteiger partial charge >= 0.3 is 5.97 Å². The summed E-state index contributed by atoms with van der Waals surface area (Å²) in [5.41, 5.74) is 4.84. The fourth-order valence-corrected chi connectivity index (χ4v) is 4.02. The van der Waals surface area contributed by atoms with Crippen molar-refractivity contribution in [2.45, 2.75) is 13.8 Å². The molecule has 0 aliphatic rings. The summed E-state index contributed by atoms with van der Waals surface area (Å²) >= 11 is 1.55. The normalized spacial score (nSPS) is 10.1. The molecular formula is C26H25NO4S. The van der Waals surface area contributed by atoms with Gasteiger partial charge in [0.2, 0.25) is 0 Å². The number of methoxy groups -OCH3 is 2. The molecule has 0 saturated heterocycles. The maximum Gasteiger partial charge on any atom is 0.335 e. The van der Waals surface area contributed by atoms with Crippen molar-refractivity contribution >= 4 is 17.3 Å². The molecule has 5 nitrogen and oxygen atoms in total. The van der Waals surface area contributed by atoms with Crippen molar-refractivity contribution in [1.82, 2.24) is 4.98 Å². The first kappa shape index (κ1) is 23.0. The van der Waals surface area contributed by atoms with E-state index in [4.69, 9.17) is 14.5 Å². The second-order valence-electron chi connectivity index (χ2n) is 6.57. The van der Waals surface area contributed by atoms with Gasteiger partial charge in [-0.25, -0.2) is 9.78 Å². The highest BCUT2D eigenvalue weighted by Crippen LogP contribution is 2.35. The van der Waals surface area contributed by atoms with E-state index in [1.54, 1.807) is 43.8 Å². The molecule has 0 spiro atoms. The third-order valence-electron chi connectivity index (χ3n) is 4.74. The minimum atomic E-state index is -0.938. The van der Waals surface area contributed by atoms with Crippen molar-refractivity contribution in [3.8, 4) is 44.5 Å². The number of rotatable bonds is 6. The van der Waals surface area contributed by atoms with Crippen LogP contribution in [0.25, 0.3) is 33.0 Å². The molecule has 0 aliphatic heterocycles. The smallest absolute Gasteiger partial charge is 0.335 e. The summed E-state index contributed by atoms with van der Waals surface area (Å²) in [6, 6.07) is 20.6. The Morgan fingerprint density at radius 2 is 1.47 bits per heavy atom. The largest absolute Gasteiger partial charge is 0.493 e. The number of carboxylic acids is 1. The molecule has 4 rings (SSSR count). The lowest BCUT2D eigenvalue weighted by molar-refractivity contribution is 0.0697. The van der Waals surface area contributed by atoms with E-state index in [1.807, 2.05) is 67.8 Å². The Morgan fingerprint density at radius 3 is 2.16 bits per heavy atom. The summed E-state index contributed by atoms with van der Waals surface area (Å²) in [7, 11) is 3.22. The SMILES string of the molecule is CC.COc1ccc(-c2nc(-c3cccc(-c4cccc(C(=O)O)c4)c3)cs2)cc1OC. The molecule has 0 aliphatic carbocycles. The number of hydrogen-bond donors (Lipinski definition) is 1.